The minimum Gasteiger partial charge on any atom is -0.361 e. The molecule has 1 aliphatic rings. The van der Waals surface area contributed by atoms with Gasteiger partial charge in [0.1, 0.15) is 11.4 Å². The lowest BCUT2D eigenvalue weighted by atomic mass is 9.81. The van der Waals surface area contributed by atoms with Crippen LogP contribution in [0.2, 0.25) is 0 Å². The van der Waals surface area contributed by atoms with Crippen molar-refractivity contribution in [2.45, 2.75) is 58.6 Å². The van der Waals surface area contributed by atoms with Gasteiger partial charge in [-0.05, 0) is 64.5 Å². The molecule has 0 atom stereocenters. The molecule has 0 aromatic carbocycles. The number of aryl methyl sites for hydroxylation is 2. The maximum atomic E-state index is 14.4. The molecule has 4 aromatic heterocycles. The second-order valence-electron chi connectivity index (χ2n) is 8.96. The average Bonchev–Trinajstić information content (AvgIpc) is 3.33. The highest BCUT2D eigenvalue weighted by molar-refractivity contribution is 5.94. The highest BCUT2D eigenvalue weighted by Gasteiger charge is 2.31. The molecule has 4 aromatic rings. The normalized spacial score (nSPS) is 22.7. The third-order valence-electron chi connectivity index (χ3n) is 6.41. The molecule has 1 N–H and O–H groups in total. The first-order valence-electron chi connectivity index (χ1n) is 11.9. The predicted molar refractivity (Wildman–Crippen MR) is 122 cm³/mol. The summed E-state index contributed by atoms with van der Waals surface area (Å²) in [5.41, 5.74) is 3.58. The molecule has 1 fully saturated rings. The standard InChI is InChI=1S/C25H27FN4O2/c1-15-23(16(2)32-29-15)19-10-21-24(28-12-19)20(18-4-5-22(31)27-11-18)14-30(21)13-17-6-8-25(3,26)9-7-17/h4-5,10-12,14,17H,6-9,13H2,1-3H3,(H,27,31)/i13D2. The topological polar surface area (TPSA) is 76.7 Å². The van der Waals surface area contributed by atoms with Gasteiger partial charge in [-0.25, -0.2) is 4.39 Å². The molecule has 0 spiro atoms. The minimum atomic E-state index is -1.76. The first kappa shape index (κ1) is 18.4. The molecule has 32 heavy (non-hydrogen) atoms. The smallest absolute Gasteiger partial charge is 0.247 e. The van der Waals surface area contributed by atoms with Crippen LogP contribution in [0.4, 0.5) is 4.39 Å². The monoisotopic (exact) mass is 436 g/mol. The Hall–Kier alpha value is -3.22. The quantitative estimate of drug-likeness (QED) is 0.453. The van der Waals surface area contributed by atoms with Gasteiger partial charge in [0.05, 0.1) is 19.5 Å². The molecule has 1 saturated carbocycles. The van der Waals surface area contributed by atoms with Crippen molar-refractivity contribution in [1.82, 2.24) is 19.7 Å². The summed E-state index contributed by atoms with van der Waals surface area (Å²) in [5, 5.41) is 4.04. The van der Waals surface area contributed by atoms with Crippen molar-refractivity contribution in [3.8, 4) is 22.3 Å². The van der Waals surface area contributed by atoms with Gasteiger partial charge in [-0.15, -0.1) is 0 Å². The summed E-state index contributed by atoms with van der Waals surface area (Å²) in [6.07, 6.45) is 6.70. The number of pyridine rings is 2. The molecular weight excluding hydrogens is 407 g/mol. The van der Waals surface area contributed by atoms with Crippen LogP contribution < -0.4 is 5.56 Å². The van der Waals surface area contributed by atoms with Crippen molar-refractivity contribution in [2.75, 3.05) is 0 Å². The van der Waals surface area contributed by atoms with Crippen LogP contribution in [-0.4, -0.2) is 25.4 Å². The van der Waals surface area contributed by atoms with Crippen molar-refractivity contribution in [1.29, 1.82) is 0 Å². The van der Waals surface area contributed by atoms with Crippen molar-refractivity contribution in [3.63, 3.8) is 0 Å². The number of halogens is 1. The summed E-state index contributed by atoms with van der Waals surface area (Å²) < 4.78 is 39.6. The van der Waals surface area contributed by atoms with Crippen molar-refractivity contribution in [3.05, 3.63) is 58.6 Å². The number of hydrogen-bond donors (Lipinski definition) is 1. The van der Waals surface area contributed by atoms with E-state index in [-0.39, 0.29) is 11.5 Å². The Morgan fingerprint density at radius 3 is 2.75 bits per heavy atom. The second-order valence-corrected chi connectivity index (χ2v) is 8.96. The number of aromatic amines is 1. The zero-order chi connectivity index (χ0) is 24.3. The van der Waals surface area contributed by atoms with E-state index in [4.69, 9.17) is 12.2 Å². The fraction of sp³-hybridized carbons (Fsp3) is 0.400. The Bertz CT molecular complexity index is 1390. The lowest BCUT2D eigenvalue weighted by Crippen LogP contribution is -2.27. The summed E-state index contributed by atoms with van der Waals surface area (Å²) in [4.78, 5) is 19.0. The van der Waals surface area contributed by atoms with Gasteiger partial charge >= 0.3 is 0 Å². The summed E-state index contributed by atoms with van der Waals surface area (Å²) in [6.45, 7) is 3.53. The maximum Gasteiger partial charge on any atom is 0.247 e. The molecule has 1 aliphatic carbocycles. The first-order valence-corrected chi connectivity index (χ1v) is 10.9. The van der Waals surface area contributed by atoms with Crippen LogP contribution in [0.3, 0.4) is 0 Å². The van der Waals surface area contributed by atoms with E-state index in [2.05, 4.69) is 10.1 Å². The van der Waals surface area contributed by atoms with Crippen molar-refractivity contribution in [2.24, 2.45) is 5.92 Å². The largest absolute Gasteiger partial charge is 0.361 e. The van der Waals surface area contributed by atoms with Gasteiger partial charge in [0, 0.05) is 53.4 Å². The third kappa shape index (κ3) is 3.76. The zero-order valence-corrected chi connectivity index (χ0v) is 18.4. The Morgan fingerprint density at radius 2 is 2.09 bits per heavy atom. The van der Waals surface area contributed by atoms with E-state index < -0.39 is 12.2 Å². The Labute approximate surface area is 188 Å². The van der Waals surface area contributed by atoms with E-state index in [0.29, 0.717) is 48.0 Å². The van der Waals surface area contributed by atoms with E-state index in [0.717, 1.165) is 22.4 Å². The molecule has 4 heterocycles. The fourth-order valence-corrected chi connectivity index (χ4v) is 4.58. The highest BCUT2D eigenvalue weighted by Crippen LogP contribution is 2.38. The summed E-state index contributed by atoms with van der Waals surface area (Å²) in [6, 6.07) is 5.05. The molecular formula is C25H27FN4O2. The Kier molecular flexibility index (Phi) is 4.43. The van der Waals surface area contributed by atoms with E-state index in [9.17, 15) is 9.18 Å². The van der Waals surface area contributed by atoms with Gasteiger partial charge in [0.2, 0.25) is 5.56 Å². The predicted octanol–water partition coefficient (Wildman–Crippen LogP) is 5.58. The molecule has 0 unspecified atom stereocenters. The second kappa shape index (κ2) is 7.73. The summed E-state index contributed by atoms with van der Waals surface area (Å²) in [5.74, 6) is 0.327. The molecule has 166 valence electrons. The third-order valence-corrected chi connectivity index (χ3v) is 6.41. The van der Waals surface area contributed by atoms with Crippen LogP contribution in [0.15, 0.2) is 46.1 Å². The van der Waals surface area contributed by atoms with Gasteiger partial charge in [-0.1, -0.05) is 5.16 Å². The number of nitrogens with one attached hydrogen (secondary N) is 1. The number of hydrogen-bond acceptors (Lipinski definition) is 4. The van der Waals surface area contributed by atoms with Gasteiger partial charge < -0.3 is 14.1 Å². The maximum absolute atomic E-state index is 14.4. The Balaban J connectivity index is 1.69. The van der Waals surface area contributed by atoms with Gasteiger partial charge in [-0.3, -0.25) is 9.78 Å². The number of alkyl halides is 1. The van der Waals surface area contributed by atoms with Crippen LogP contribution in [0, 0.1) is 19.8 Å². The molecule has 0 radical (unpaired) electrons. The summed E-state index contributed by atoms with van der Waals surface area (Å²) >= 11 is 0. The number of nitrogens with zero attached hydrogens (tertiary/aromatic N) is 3. The minimum absolute atomic E-state index is 0.215. The molecule has 0 saturated heterocycles. The number of rotatable bonds is 4. The number of fused-ring (bicyclic) bond motifs is 1. The molecule has 5 rings (SSSR count). The molecule has 0 bridgehead atoms. The van der Waals surface area contributed by atoms with Gasteiger partial charge in [0.25, 0.3) is 0 Å². The first-order chi connectivity index (χ1) is 16.1. The van der Waals surface area contributed by atoms with Crippen LogP contribution >= 0.6 is 0 Å². The van der Waals surface area contributed by atoms with Crippen LogP contribution in [0.5, 0.6) is 0 Å². The molecule has 6 nitrogen and oxygen atoms in total. The SMILES string of the molecule is [2H]C([2H])(C1CCC(C)(F)CC1)n1cc(-c2ccc(=O)[nH]c2)c2ncc(-c3c(C)noc3C)cc21. The van der Waals surface area contributed by atoms with Crippen molar-refractivity contribution >= 4 is 11.0 Å². The molecule has 0 amide bonds. The van der Waals surface area contributed by atoms with Gasteiger partial charge in [0.15, 0.2) is 0 Å². The van der Waals surface area contributed by atoms with Crippen molar-refractivity contribution < 1.29 is 11.7 Å². The molecule has 7 heteroatoms. The molecule has 0 aliphatic heterocycles. The van der Waals surface area contributed by atoms with Crippen LogP contribution in [0.25, 0.3) is 33.3 Å². The van der Waals surface area contributed by atoms with E-state index >= 15 is 0 Å². The highest BCUT2D eigenvalue weighted by atomic mass is 19.1. The van der Waals surface area contributed by atoms with E-state index in [1.165, 1.54) is 6.07 Å². The van der Waals surface area contributed by atoms with Crippen LogP contribution in [-0.2, 0) is 6.50 Å². The summed E-state index contributed by atoms with van der Waals surface area (Å²) in [7, 11) is 0. The lowest BCUT2D eigenvalue weighted by molar-refractivity contribution is 0.0985. The Morgan fingerprint density at radius 1 is 1.31 bits per heavy atom. The number of aromatic nitrogens is 4. The number of H-pyrrole nitrogens is 1. The van der Waals surface area contributed by atoms with E-state index in [1.54, 1.807) is 36.1 Å². The van der Waals surface area contributed by atoms with E-state index in [1.807, 2.05) is 19.9 Å². The zero-order valence-electron chi connectivity index (χ0n) is 20.4. The van der Waals surface area contributed by atoms with Crippen LogP contribution in [0.1, 0.15) is 46.8 Å². The van der Waals surface area contributed by atoms with Gasteiger partial charge in [-0.2, -0.15) is 0 Å². The fourth-order valence-electron chi connectivity index (χ4n) is 4.58. The average molecular weight is 437 g/mol. The lowest BCUT2D eigenvalue weighted by Gasteiger charge is -2.31.